The molecule has 0 aliphatic rings. The average molecular weight is 204 g/mol. The first kappa shape index (κ1) is 12.0. The van der Waals surface area contributed by atoms with E-state index in [1.807, 2.05) is 6.08 Å². The second-order valence-electron chi connectivity index (χ2n) is 4.69. The van der Waals surface area contributed by atoms with Crippen LogP contribution >= 0.6 is 0 Å². The van der Waals surface area contributed by atoms with E-state index >= 15 is 0 Å². The van der Waals surface area contributed by atoms with Crippen LogP contribution in [0.1, 0.15) is 18.1 Å². The van der Waals surface area contributed by atoms with E-state index in [1.54, 1.807) is 0 Å². The highest BCUT2D eigenvalue weighted by Crippen LogP contribution is 2.14. The molecule has 0 bridgehead atoms. The van der Waals surface area contributed by atoms with Gasteiger partial charge in [0.1, 0.15) is 6.54 Å². The second-order valence-corrected chi connectivity index (χ2v) is 4.69. The third kappa shape index (κ3) is 3.52. The molecule has 0 N–H and O–H groups in total. The van der Waals surface area contributed by atoms with Crippen LogP contribution in [0.5, 0.6) is 0 Å². The summed E-state index contributed by atoms with van der Waals surface area (Å²) in [6, 6.07) is 8.71. The quantitative estimate of drug-likeness (QED) is 0.511. The van der Waals surface area contributed by atoms with Crippen molar-refractivity contribution in [2.45, 2.75) is 19.9 Å². The highest BCUT2D eigenvalue weighted by atomic mass is 15.3. The van der Waals surface area contributed by atoms with Gasteiger partial charge in [0.25, 0.3) is 0 Å². The summed E-state index contributed by atoms with van der Waals surface area (Å²) in [5.41, 5.74) is 2.93. The first-order chi connectivity index (χ1) is 7.09. The molecule has 0 saturated heterocycles. The van der Waals surface area contributed by atoms with Crippen LogP contribution in [-0.2, 0) is 13.0 Å². The molecule has 82 valence electrons. The van der Waals surface area contributed by atoms with E-state index in [2.05, 4.69) is 51.9 Å². The fourth-order valence-electron chi connectivity index (χ4n) is 1.93. The van der Waals surface area contributed by atoms with Gasteiger partial charge in [-0.05, 0) is 18.1 Å². The summed E-state index contributed by atoms with van der Waals surface area (Å²) in [5, 5.41) is 0. The predicted octanol–water partition coefficient (Wildman–Crippen LogP) is 3.01. The summed E-state index contributed by atoms with van der Waals surface area (Å²) < 4.78 is 0.973. The largest absolute Gasteiger partial charge is 0.321 e. The minimum atomic E-state index is 0.973. The molecule has 1 heteroatoms. The Kier molecular flexibility index (Phi) is 4.10. The van der Waals surface area contributed by atoms with Gasteiger partial charge in [-0.2, -0.15) is 0 Å². The van der Waals surface area contributed by atoms with Crippen LogP contribution in [0.3, 0.4) is 0 Å². The van der Waals surface area contributed by atoms with Gasteiger partial charge in [-0.15, -0.1) is 0 Å². The zero-order valence-electron chi connectivity index (χ0n) is 10.2. The zero-order chi connectivity index (χ0) is 11.3. The first-order valence-corrected chi connectivity index (χ1v) is 5.58. The van der Waals surface area contributed by atoms with E-state index in [0.29, 0.717) is 0 Å². The lowest BCUT2D eigenvalue weighted by atomic mass is 10.0. The van der Waals surface area contributed by atoms with Crippen molar-refractivity contribution in [2.24, 2.45) is 0 Å². The van der Waals surface area contributed by atoms with Crippen molar-refractivity contribution in [1.29, 1.82) is 0 Å². The number of hydrogen-bond donors (Lipinski definition) is 0. The maximum Gasteiger partial charge on any atom is 0.104 e. The molecule has 0 unspecified atom stereocenters. The Bertz CT molecular complexity index is 326. The SMILES string of the molecule is C=CC[N+](C)(C)Cc1ccccc1CC. The molecular formula is C14H22N+. The zero-order valence-corrected chi connectivity index (χ0v) is 10.2. The van der Waals surface area contributed by atoms with Crippen LogP contribution in [0, 0.1) is 0 Å². The summed E-state index contributed by atoms with van der Waals surface area (Å²) in [6.45, 7) is 8.12. The van der Waals surface area contributed by atoms with Gasteiger partial charge in [0, 0.05) is 5.56 Å². The summed E-state index contributed by atoms with van der Waals surface area (Å²) in [6.07, 6.45) is 3.11. The van der Waals surface area contributed by atoms with Gasteiger partial charge in [0.15, 0.2) is 0 Å². The molecule has 0 aromatic heterocycles. The average Bonchev–Trinajstić information content (AvgIpc) is 2.17. The molecule has 0 spiro atoms. The Hall–Kier alpha value is -1.08. The molecular weight excluding hydrogens is 182 g/mol. The highest BCUT2D eigenvalue weighted by molar-refractivity contribution is 5.26. The number of benzene rings is 1. The molecule has 0 saturated carbocycles. The second kappa shape index (κ2) is 5.13. The minimum Gasteiger partial charge on any atom is -0.321 e. The highest BCUT2D eigenvalue weighted by Gasteiger charge is 2.15. The Morgan fingerprint density at radius 3 is 2.33 bits per heavy atom. The van der Waals surface area contributed by atoms with Crippen molar-refractivity contribution in [2.75, 3.05) is 20.6 Å². The molecule has 15 heavy (non-hydrogen) atoms. The van der Waals surface area contributed by atoms with Crippen LogP contribution in [0.4, 0.5) is 0 Å². The van der Waals surface area contributed by atoms with E-state index in [9.17, 15) is 0 Å². The van der Waals surface area contributed by atoms with Gasteiger partial charge in [-0.25, -0.2) is 0 Å². The Balaban J connectivity index is 2.83. The molecule has 0 atom stereocenters. The van der Waals surface area contributed by atoms with Crippen molar-refractivity contribution in [3.8, 4) is 0 Å². The van der Waals surface area contributed by atoms with Crippen molar-refractivity contribution < 1.29 is 4.48 Å². The van der Waals surface area contributed by atoms with Crippen LogP contribution in [-0.4, -0.2) is 25.1 Å². The van der Waals surface area contributed by atoms with Gasteiger partial charge < -0.3 is 4.48 Å². The monoisotopic (exact) mass is 204 g/mol. The first-order valence-electron chi connectivity index (χ1n) is 5.58. The topological polar surface area (TPSA) is 0 Å². The van der Waals surface area contributed by atoms with Crippen LogP contribution in [0.2, 0.25) is 0 Å². The summed E-state index contributed by atoms with van der Waals surface area (Å²) >= 11 is 0. The molecule has 1 nitrogen and oxygen atoms in total. The smallest absolute Gasteiger partial charge is 0.104 e. The fraction of sp³-hybridized carbons (Fsp3) is 0.429. The van der Waals surface area contributed by atoms with E-state index in [-0.39, 0.29) is 0 Å². The number of likely N-dealkylation sites (N-methyl/N-ethyl adjacent to an activating group) is 1. The maximum atomic E-state index is 3.81. The van der Waals surface area contributed by atoms with Crippen LogP contribution in [0.25, 0.3) is 0 Å². The molecule has 0 aliphatic carbocycles. The third-order valence-electron chi connectivity index (χ3n) is 2.72. The van der Waals surface area contributed by atoms with Gasteiger partial charge in [-0.1, -0.05) is 37.8 Å². The van der Waals surface area contributed by atoms with E-state index < -0.39 is 0 Å². The van der Waals surface area contributed by atoms with E-state index in [1.165, 1.54) is 11.1 Å². The maximum absolute atomic E-state index is 3.81. The molecule has 0 aliphatic heterocycles. The van der Waals surface area contributed by atoms with Crippen molar-refractivity contribution in [3.05, 3.63) is 48.0 Å². The van der Waals surface area contributed by atoms with Crippen molar-refractivity contribution >= 4 is 0 Å². The molecule has 0 radical (unpaired) electrons. The third-order valence-corrected chi connectivity index (χ3v) is 2.72. The van der Waals surface area contributed by atoms with E-state index in [0.717, 1.165) is 24.0 Å². The molecule has 0 fully saturated rings. The molecule has 1 rings (SSSR count). The molecule has 1 aromatic carbocycles. The van der Waals surface area contributed by atoms with Crippen molar-refractivity contribution in [1.82, 2.24) is 0 Å². The Morgan fingerprint density at radius 1 is 1.20 bits per heavy atom. The lowest BCUT2D eigenvalue weighted by Crippen LogP contribution is -2.38. The Morgan fingerprint density at radius 2 is 1.80 bits per heavy atom. The van der Waals surface area contributed by atoms with Gasteiger partial charge >= 0.3 is 0 Å². The van der Waals surface area contributed by atoms with Gasteiger partial charge in [-0.3, -0.25) is 0 Å². The summed E-state index contributed by atoms with van der Waals surface area (Å²) in [7, 11) is 4.49. The molecule has 1 aromatic rings. The predicted molar refractivity (Wildman–Crippen MR) is 66.7 cm³/mol. The lowest BCUT2D eigenvalue weighted by molar-refractivity contribution is -0.897. The van der Waals surface area contributed by atoms with Crippen LogP contribution in [0.15, 0.2) is 36.9 Å². The summed E-state index contributed by atoms with van der Waals surface area (Å²) in [4.78, 5) is 0. The molecule has 0 heterocycles. The number of rotatable bonds is 5. The number of hydrogen-bond acceptors (Lipinski definition) is 0. The Labute approximate surface area is 93.6 Å². The number of nitrogens with zero attached hydrogens (tertiary/aromatic N) is 1. The van der Waals surface area contributed by atoms with Gasteiger partial charge in [0.05, 0.1) is 20.6 Å². The van der Waals surface area contributed by atoms with Crippen molar-refractivity contribution in [3.63, 3.8) is 0 Å². The normalized spacial score (nSPS) is 11.4. The number of quaternary nitrogens is 1. The lowest BCUT2D eigenvalue weighted by Gasteiger charge is -2.29. The number of aryl methyl sites for hydroxylation is 1. The molecule has 0 amide bonds. The van der Waals surface area contributed by atoms with Crippen LogP contribution < -0.4 is 0 Å². The minimum absolute atomic E-state index is 0.973. The van der Waals surface area contributed by atoms with Gasteiger partial charge in [0.2, 0.25) is 0 Å². The van der Waals surface area contributed by atoms with E-state index in [4.69, 9.17) is 0 Å². The fourth-order valence-corrected chi connectivity index (χ4v) is 1.93. The summed E-state index contributed by atoms with van der Waals surface area (Å²) in [5.74, 6) is 0. The standard InChI is InChI=1S/C14H22N/c1-5-11-15(3,4)12-14-10-8-7-9-13(14)6-2/h5,7-10H,1,6,11-12H2,2-4H3/q+1.